The van der Waals surface area contributed by atoms with Gasteiger partial charge in [-0.1, -0.05) is 45.0 Å². The Kier molecular flexibility index (Phi) is 5.64. The maximum Gasteiger partial charge on any atom is 0.255 e. The van der Waals surface area contributed by atoms with Crippen molar-refractivity contribution in [1.82, 2.24) is 10.2 Å². The first kappa shape index (κ1) is 20.5. The van der Waals surface area contributed by atoms with Gasteiger partial charge in [0.15, 0.2) is 11.5 Å². The molecule has 0 saturated carbocycles. The van der Waals surface area contributed by atoms with Crippen LogP contribution in [0.2, 0.25) is 0 Å². The van der Waals surface area contributed by atoms with Gasteiger partial charge in [0.05, 0.1) is 25.6 Å². The number of benzene rings is 2. The van der Waals surface area contributed by atoms with E-state index in [1.807, 2.05) is 19.1 Å². The normalized spacial score (nSPS) is 11.2. The molecule has 0 fully saturated rings. The van der Waals surface area contributed by atoms with Crippen LogP contribution in [0.3, 0.4) is 0 Å². The smallest absolute Gasteiger partial charge is 0.255 e. The van der Waals surface area contributed by atoms with Gasteiger partial charge in [0.25, 0.3) is 5.91 Å². The maximum atomic E-state index is 12.9. The van der Waals surface area contributed by atoms with E-state index in [1.165, 1.54) is 5.56 Å². The first-order valence-electron chi connectivity index (χ1n) is 9.44. The van der Waals surface area contributed by atoms with Crippen molar-refractivity contribution >= 4 is 11.6 Å². The van der Waals surface area contributed by atoms with Crippen molar-refractivity contribution in [2.75, 3.05) is 19.5 Å². The predicted octanol–water partition coefficient (Wildman–Crippen LogP) is 4.95. The fourth-order valence-electron chi connectivity index (χ4n) is 3.08. The van der Waals surface area contributed by atoms with Crippen molar-refractivity contribution in [1.29, 1.82) is 0 Å². The maximum absolute atomic E-state index is 12.9. The number of hydrogen-bond acceptors (Lipinski definition) is 4. The number of rotatable bonds is 5. The second kappa shape index (κ2) is 7.99. The Morgan fingerprint density at radius 2 is 1.66 bits per heavy atom. The zero-order valence-corrected chi connectivity index (χ0v) is 17.7. The van der Waals surface area contributed by atoms with Gasteiger partial charge >= 0.3 is 0 Å². The van der Waals surface area contributed by atoms with Crippen molar-refractivity contribution in [2.45, 2.75) is 33.1 Å². The first-order valence-corrected chi connectivity index (χ1v) is 9.44. The van der Waals surface area contributed by atoms with E-state index in [2.05, 4.69) is 48.4 Å². The van der Waals surface area contributed by atoms with Crippen molar-refractivity contribution in [2.24, 2.45) is 0 Å². The number of aromatic nitrogens is 2. The highest BCUT2D eigenvalue weighted by atomic mass is 16.5. The topological polar surface area (TPSA) is 76.2 Å². The molecule has 2 aromatic carbocycles. The van der Waals surface area contributed by atoms with E-state index < -0.39 is 0 Å². The highest BCUT2D eigenvalue weighted by molar-refractivity contribution is 6.06. The van der Waals surface area contributed by atoms with Crippen LogP contribution in [0.1, 0.15) is 42.4 Å². The zero-order valence-electron chi connectivity index (χ0n) is 17.7. The van der Waals surface area contributed by atoms with E-state index in [0.29, 0.717) is 28.4 Å². The Morgan fingerprint density at radius 3 is 2.24 bits per heavy atom. The molecule has 29 heavy (non-hydrogen) atoms. The Balaban J connectivity index is 1.89. The monoisotopic (exact) mass is 393 g/mol. The number of carbonyl (C=O) groups excluding carboxylic acids is 1. The number of ether oxygens (including phenoxy) is 2. The van der Waals surface area contributed by atoms with Gasteiger partial charge in [0, 0.05) is 11.1 Å². The molecule has 6 heteroatoms. The molecule has 0 radical (unpaired) electrons. The molecule has 152 valence electrons. The van der Waals surface area contributed by atoms with Gasteiger partial charge in [-0.15, -0.1) is 0 Å². The summed E-state index contributed by atoms with van der Waals surface area (Å²) in [5.74, 6) is 0.827. The van der Waals surface area contributed by atoms with Gasteiger partial charge in [-0.25, -0.2) is 0 Å². The highest BCUT2D eigenvalue weighted by Crippen LogP contribution is 2.32. The Bertz CT molecular complexity index is 1010. The lowest BCUT2D eigenvalue weighted by Crippen LogP contribution is -2.13. The Morgan fingerprint density at radius 1 is 1.00 bits per heavy atom. The molecule has 1 heterocycles. The van der Waals surface area contributed by atoms with E-state index in [-0.39, 0.29) is 11.3 Å². The van der Waals surface area contributed by atoms with Crippen molar-refractivity contribution < 1.29 is 14.3 Å². The molecular weight excluding hydrogens is 366 g/mol. The van der Waals surface area contributed by atoms with Gasteiger partial charge in [-0.3, -0.25) is 9.89 Å². The van der Waals surface area contributed by atoms with Crippen LogP contribution in [-0.4, -0.2) is 30.3 Å². The third kappa shape index (κ3) is 4.26. The number of aryl methyl sites for hydroxylation is 1. The van der Waals surface area contributed by atoms with Crippen LogP contribution < -0.4 is 14.8 Å². The molecule has 1 aromatic heterocycles. The lowest BCUT2D eigenvalue weighted by atomic mass is 9.86. The second-order valence-electron chi connectivity index (χ2n) is 7.92. The quantitative estimate of drug-likeness (QED) is 0.643. The molecule has 0 aliphatic carbocycles. The largest absolute Gasteiger partial charge is 0.493 e. The molecule has 0 aliphatic heterocycles. The number of hydrogen-bond donors (Lipinski definition) is 2. The van der Waals surface area contributed by atoms with E-state index in [0.717, 1.165) is 11.3 Å². The molecule has 1 amide bonds. The SMILES string of the molecule is COc1ccc(C(=O)Nc2c(-c3ccc(C(C)(C)C)cc3)n[nH]c2C)cc1OC. The van der Waals surface area contributed by atoms with E-state index in [9.17, 15) is 4.79 Å². The molecule has 3 aromatic rings. The summed E-state index contributed by atoms with van der Waals surface area (Å²) in [6.45, 7) is 8.41. The zero-order chi connectivity index (χ0) is 21.2. The predicted molar refractivity (Wildman–Crippen MR) is 115 cm³/mol. The Hall–Kier alpha value is -3.28. The summed E-state index contributed by atoms with van der Waals surface area (Å²) in [4.78, 5) is 12.9. The van der Waals surface area contributed by atoms with Crippen molar-refractivity contribution in [3.63, 3.8) is 0 Å². The van der Waals surface area contributed by atoms with Crippen molar-refractivity contribution in [3.05, 3.63) is 59.3 Å². The highest BCUT2D eigenvalue weighted by Gasteiger charge is 2.19. The number of amides is 1. The molecular formula is C23H27N3O3. The fraction of sp³-hybridized carbons (Fsp3) is 0.304. The third-order valence-corrected chi connectivity index (χ3v) is 4.86. The molecule has 3 rings (SSSR count). The summed E-state index contributed by atoms with van der Waals surface area (Å²) in [5.41, 5.74) is 4.87. The van der Waals surface area contributed by atoms with Crippen LogP contribution in [0.5, 0.6) is 11.5 Å². The molecule has 0 spiro atoms. The van der Waals surface area contributed by atoms with Crippen LogP contribution >= 0.6 is 0 Å². The van der Waals surface area contributed by atoms with Crippen molar-refractivity contribution in [3.8, 4) is 22.8 Å². The molecule has 2 N–H and O–H groups in total. The van der Waals surface area contributed by atoms with Crippen LogP contribution in [0.4, 0.5) is 5.69 Å². The van der Waals surface area contributed by atoms with Gasteiger partial charge in [0.2, 0.25) is 0 Å². The summed E-state index contributed by atoms with van der Waals surface area (Å²) in [6, 6.07) is 13.3. The number of aromatic amines is 1. The second-order valence-corrected chi connectivity index (χ2v) is 7.92. The number of anilines is 1. The number of nitrogens with zero attached hydrogens (tertiary/aromatic N) is 1. The lowest BCUT2D eigenvalue weighted by molar-refractivity contribution is 0.102. The lowest BCUT2D eigenvalue weighted by Gasteiger charge is -2.19. The molecule has 0 unspecified atom stereocenters. The van der Waals surface area contributed by atoms with E-state index in [1.54, 1.807) is 32.4 Å². The minimum Gasteiger partial charge on any atom is -0.493 e. The van der Waals surface area contributed by atoms with Gasteiger partial charge in [-0.05, 0) is 36.1 Å². The van der Waals surface area contributed by atoms with Gasteiger partial charge < -0.3 is 14.8 Å². The third-order valence-electron chi connectivity index (χ3n) is 4.86. The number of methoxy groups -OCH3 is 2. The average Bonchev–Trinajstić information content (AvgIpc) is 3.07. The van der Waals surface area contributed by atoms with Crippen LogP contribution in [0.25, 0.3) is 11.3 Å². The summed E-state index contributed by atoms with van der Waals surface area (Å²) < 4.78 is 10.5. The summed E-state index contributed by atoms with van der Waals surface area (Å²) >= 11 is 0. The number of carbonyl (C=O) groups is 1. The number of nitrogens with one attached hydrogen (secondary N) is 2. The Labute approximate surface area is 171 Å². The van der Waals surface area contributed by atoms with Crippen LogP contribution in [0.15, 0.2) is 42.5 Å². The van der Waals surface area contributed by atoms with Gasteiger partial charge in [-0.2, -0.15) is 5.10 Å². The minimum atomic E-state index is -0.247. The summed E-state index contributed by atoms with van der Waals surface area (Å²) in [6.07, 6.45) is 0. The summed E-state index contributed by atoms with van der Waals surface area (Å²) in [7, 11) is 3.10. The van der Waals surface area contributed by atoms with E-state index in [4.69, 9.17) is 9.47 Å². The minimum absolute atomic E-state index is 0.0739. The van der Waals surface area contributed by atoms with Crippen LogP contribution in [0, 0.1) is 6.92 Å². The standard InChI is InChI=1S/C23H27N3O3/c1-14-20(24-22(27)16-9-12-18(28-5)19(13-16)29-6)21(26-25-14)15-7-10-17(11-8-15)23(2,3)4/h7-13H,1-6H3,(H,24,27)(H,25,26). The molecule has 0 aliphatic rings. The fourth-order valence-corrected chi connectivity index (χ4v) is 3.08. The van der Waals surface area contributed by atoms with Gasteiger partial charge in [0.1, 0.15) is 5.69 Å². The molecule has 0 bridgehead atoms. The average molecular weight is 393 g/mol. The van der Waals surface area contributed by atoms with Crippen LogP contribution in [-0.2, 0) is 5.41 Å². The molecule has 6 nitrogen and oxygen atoms in total. The summed E-state index contributed by atoms with van der Waals surface area (Å²) in [5, 5.41) is 10.3. The first-order chi connectivity index (χ1) is 13.7. The molecule has 0 atom stereocenters. The van der Waals surface area contributed by atoms with E-state index >= 15 is 0 Å². The number of H-pyrrole nitrogens is 1. The molecule has 0 saturated heterocycles.